The molecule has 118 valence electrons. The number of ether oxygens (including phenoxy) is 2. The molecule has 0 radical (unpaired) electrons. The van der Waals surface area contributed by atoms with Gasteiger partial charge in [-0.2, -0.15) is 0 Å². The summed E-state index contributed by atoms with van der Waals surface area (Å²) in [6, 6.07) is 6.44. The molecule has 1 aromatic rings. The van der Waals surface area contributed by atoms with Gasteiger partial charge < -0.3 is 14.6 Å². The Bertz CT molecular complexity index is 435. The molecule has 0 aliphatic carbocycles. The zero-order valence-electron chi connectivity index (χ0n) is 13.4. The van der Waals surface area contributed by atoms with Crippen molar-refractivity contribution in [3.05, 3.63) is 29.8 Å². The fraction of sp³-hybridized carbons (Fsp3) is 0.588. The Morgan fingerprint density at radius 3 is 2.33 bits per heavy atom. The van der Waals surface area contributed by atoms with Crippen molar-refractivity contribution in [1.82, 2.24) is 0 Å². The maximum absolute atomic E-state index is 10.7. The Hall–Kier alpha value is -1.55. The van der Waals surface area contributed by atoms with Crippen LogP contribution in [0.5, 0.6) is 5.75 Å². The first-order chi connectivity index (χ1) is 9.80. The summed E-state index contributed by atoms with van der Waals surface area (Å²) in [6.45, 7) is 9.79. The standard InChI is InChI=1S/C17H26O4/c1-13(2)9-11-21-17(3,4)10-12-20-15-7-5-14(6-8-15)16(18)19/h5-8,13H,9-12H2,1-4H3,(H,18,19). The van der Waals surface area contributed by atoms with Crippen molar-refractivity contribution in [2.45, 2.75) is 46.1 Å². The van der Waals surface area contributed by atoms with Crippen molar-refractivity contribution in [3.63, 3.8) is 0 Å². The molecule has 0 bridgehead atoms. The predicted molar refractivity (Wildman–Crippen MR) is 83.0 cm³/mol. The highest BCUT2D eigenvalue weighted by Crippen LogP contribution is 2.18. The van der Waals surface area contributed by atoms with Gasteiger partial charge in [-0.25, -0.2) is 4.79 Å². The molecule has 4 nitrogen and oxygen atoms in total. The van der Waals surface area contributed by atoms with Crippen LogP contribution in [0.25, 0.3) is 0 Å². The van der Waals surface area contributed by atoms with Gasteiger partial charge in [-0.15, -0.1) is 0 Å². The molecular weight excluding hydrogens is 268 g/mol. The molecule has 1 N–H and O–H groups in total. The smallest absolute Gasteiger partial charge is 0.335 e. The molecule has 0 unspecified atom stereocenters. The van der Waals surface area contributed by atoms with E-state index >= 15 is 0 Å². The number of hydrogen-bond acceptors (Lipinski definition) is 3. The van der Waals surface area contributed by atoms with Crippen LogP contribution in [0.15, 0.2) is 24.3 Å². The van der Waals surface area contributed by atoms with Gasteiger partial charge in [-0.1, -0.05) is 13.8 Å². The minimum absolute atomic E-state index is 0.212. The Labute approximate surface area is 127 Å². The normalized spacial score (nSPS) is 11.7. The van der Waals surface area contributed by atoms with Gasteiger partial charge in [0.15, 0.2) is 0 Å². The van der Waals surface area contributed by atoms with E-state index in [4.69, 9.17) is 14.6 Å². The second-order valence-corrected chi connectivity index (χ2v) is 6.22. The van der Waals surface area contributed by atoms with E-state index < -0.39 is 5.97 Å². The minimum Gasteiger partial charge on any atom is -0.493 e. The van der Waals surface area contributed by atoms with Gasteiger partial charge in [0.05, 0.1) is 17.8 Å². The first kappa shape index (κ1) is 17.5. The van der Waals surface area contributed by atoms with Gasteiger partial charge in [0.25, 0.3) is 0 Å². The monoisotopic (exact) mass is 294 g/mol. The summed E-state index contributed by atoms with van der Waals surface area (Å²) >= 11 is 0. The average molecular weight is 294 g/mol. The van der Waals surface area contributed by atoms with Gasteiger partial charge in [0.2, 0.25) is 0 Å². The lowest BCUT2D eigenvalue weighted by Crippen LogP contribution is -2.27. The highest BCUT2D eigenvalue weighted by molar-refractivity contribution is 5.87. The van der Waals surface area contributed by atoms with E-state index in [1.54, 1.807) is 24.3 Å². The molecule has 0 saturated heterocycles. The van der Waals surface area contributed by atoms with Crippen LogP contribution in [-0.4, -0.2) is 29.9 Å². The van der Waals surface area contributed by atoms with Crippen molar-refractivity contribution in [3.8, 4) is 5.75 Å². The van der Waals surface area contributed by atoms with Crippen molar-refractivity contribution in [2.24, 2.45) is 5.92 Å². The highest BCUT2D eigenvalue weighted by atomic mass is 16.5. The van der Waals surface area contributed by atoms with E-state index in [-0.39, 0.29) is 11.2 Å². The Morgan fingerprint density at radius 2 is 1.81 bits per heavy atom. The van der Waals surface area contributed by atoms with Crippen LogP contribution in [0.3, 0.4) is 0 Å². The Kier molecular flexibility index (Phi) is 6.69. The molecule has 0 heterocycles. The summed E-state index contributed by atoms with van der Waals surface area (Å²) in [5, 5.41) is 8.82. The van der Waals surface area contributed by atoms with Gasteiger partial charge in [0.1, 0.15) is 5.75 Å². The van der Waals surface area contributed by atoms with E-state index in [2.05, 4.69) is 27.7 Å². The van der Waals surface area contributed by atoms with Crippen molar-refractivity contribution >= 4 is 5.97 Å². The van der Waals surface area contributed by atoms with Crippen LogP contribution in [0.4, 0.5) is 0 Å². The summed E-state index contributed by atoms with van der Waals surface area (Å²) in [7, 11) is 0. The van der Waals surface area contributed by atoms with E-state index in [1.165, 1.54) is 0 Å². The van der Waals surface area contributed by atoms with Crippen LogP contribution >= 0.6 is 0 Å². The maximum atomic E-state index is 10.7. The summed E-state index contributed by atoms with van der Waals surface area (Å²) < 4.78 is 11.5. The van der Waals surface area contributed by atoms with Gasteiger partial charge in [-0.3, -0.25) is 0 Å². The molecule has 0 aliphatic rings. The maximum Gasteiger partial charge on any atom is 0.335 e. The number of hydrogen-bond donors (Lipinski definition) is 1. The van der Waals surface area contributed by atoms with Crippen molar-refractivity contribution < 1.29 is 19.4 Å². The van der Waals surface area contributed by atoms with Gasteiger partial charge >= 0.3 is 5.97 Å². The molecule has 1 aromatic carbocycles. The average Bonchev–Trinajstić information content (AvgIpc) is 2.38. The number of carbonyl (C=O) groups is 1. The topological polar surface area (TPSA) is 55.8 Å². The SMILES string of the molecule is CC(C)CCOC(C)(C)CCOc1ccc(C(=O)O)cc1. The summed E-state index contributed by atoms with van der Waals surface area (Å²) in [6.07, 6.45) is 1.84. The highest BCUT2D eigenvalue weighted by Gasteiger charge is 2.18. The molecule has 1 rings (SSSR count). The van der Waals surface area contributed by atoms with Crippen molar-refractivity contribution in [1.29, 1.82) is 0 Å². The number of benzene rings is 1. The van der Waals surface area contributed by atoms with E-state index in [1.807, 2.05) is 0 Å². The third-order valence-corrected chi connectivity index (χ3v) is 3.26. The Balaban J connectivity index is 2.33. The minimum atomic E-state index is -0.929. The molecule has 0 aromatic heterocycles. The second kappa shape index (κ2) is 8.03. The van der Waals surface area contributed by atoms with Gasteiger partial charge in [0, 0.05) is 13.0 Å². The van der Waals surface area contributed by atoms with Crippen molar-refractivity contribution in [2.75, 3.05) is 13.2 Å². The predicted octanol–water partition coefficient (Wildman–Crippen LogP) is 4.00. The molecule has 0 fully saturated rings. The fourth-order valence-electron chi connectivity index (χ4n) is 1.75. The number of aromatic carboxylic acids is 1. The second-order valence-electron chi connectivity index (χ2n) is 6.22. The lowest BCUT2D eigenvalue weighted by atomic mass is 10.1. The summed E-state index contributed by atoms with van der Waals surface area (Å²) in [5.41, 5.74) is 0.0512. The fourth-order valence-corrected chi connectivity index (χ4v) is 1.75. The molecule has 0 spiro atoms. The zero-order chi connectivity index (χ0) is 15.9. The van der Waals surface area contributed by atoms with Crippen LogP contribution in [0.1, 0.15) is 50.9 Å². The number of carboxylic acid groups (broad SMARTS) is 1. The summed E-state index contributed by atoms with van der Waals surface area (Å²) in [4.78, 5) is 10.7. The molecule has 0 aliphatic heterocycles. The lowest BCUT2D eigenvalue weighted by molar-refractivity contribution is -0.0346. The molecule has 0 saturated carbocycles. The molecule has 0 amide bonds. The quantitative estimate of drug-likeness (QED) is 0.748. The van der Waals surface area contributed by atoms with Crippen LogP contribution in [-0.2, 0) is 4.74 Å². The van der Waals surface area contributed by atoms with E-state index in [0.29, 0.717) is 18.3 Å². The van der Waals surface area contributed by atoms with E-state index in [0.717, 1.165) is 19.4 Å². The zero-order valence-corrected chi connectivity index (χ0v) is 13.4. The third-order valence-electron chi connectivity index (χ3n) is 3.26. The molecule has 4 heteroatoms. The Morgan fingerprint density at radius 1 is 1.19 bits per heavy atom. The number of rotatable bonds is 9. The molecule has 21 heavy (non-hydrogen) atoms. The van der Waals surface area contributed by atoms with Crippen LogP contribution < -0.4 is 4.74 Å². The first-order valence-corrected chi connectivity index (χ1v) is 7.40. The van der Waals surface area contributed by atoms with Crippen LogP contribution in [0.2, 0.25) is 0 Å². The molecular formula is C17H26O4. The largest absolute Gasteiger partial charge is 0.493 e. The van der Waals surface area contributed by atoms with E-state index in [9.17, 15) is 4.79 Å². The third kappa shape index (κ3) is 7.14. The van der Waals surface area contributed by atoms with Crippen LogP contribution in [0, 0.1) is 5.92 Å². The summed E-state index contributed by atoms with van der Waals surface area (Å²) in [5.74, 6) is 0.393. The number of carboxylic acids is 1. The van der Waals surface area contributed by atoms with Gasteiger partial charge in [-0.05, 0) is 50.5 Å². The lowest BCUT2D eigenvalue weighted by Gasteiger charge is -2.25. The first-order valence-electron chi connectivity index (χ1n) is 7.40. The molecule has 0 atom stereocenters.